The van der Waals surface area contributed by atoms with Crippen LogP contribution in [0.15, 0.2) is 40.8 Å². The second kappa shape index (κ2) is 7.09. The van der Waals surface area contributed by atoms with Gasteiger partial charge >= 0.3 is 5.97 Å². The Labute approximate surface area is 153 Å². The summed E-state index contributed by atoms with van der Waals surface area (Å²) in [5, 5.41) is 2.33. The van der Waals surface area contributed by atoms with E-state index >= 15 is 0 Å². The van der Waals surface area contributed by atoms with Crippen LogP contribution >= 0.6 is 11.3 Å². The molecule has 0 unspecified atom stereocenters. The first kappa shape index (κ1) is 17.8. The number of nitrogens with two attached hydrogens (primary N) is 1. The third-order valence-electron chi connectivity index (χ3n) is 3.93. The van der Waals surface area contributed by atoms with Crippen LogP contribution in [0.5, 0.6) is 0 Å². The molecule has 3 rings (SSSR count). The molecule has 0 bridgehead atoms. The number of ether oxygens (including phenoxy) is 1. The Kier molecular flexibility index (Phi) is 4.85. The average molecular weight is 371 g/mol. The van der Waals surface area contributed by atoms with Crippen molar-refractivity contribution in [1.29, 1.82) is 0 Å². The number of aromatic nitrogens is 2. The highest BCUT2D eigenvalue weighted by molar-refractivity contribution is 7.17. The predicted octanol–water partition coefficient (Wildman–Crippen LogP) is 1.85. The van der Waals surface area contributed by atoms with Gasteiger partial charge in [-0.1, -0.05) is 29.8 Å². The molecule has 0 saturated carbocycles. The Balaban J connectivity index is 1.96. The number of fused-ring (bicyclic) bond motifs is 1. The highest BCUT2D eigenvalue weighted by Crippen LogP contribution is 2.30. The molecule has 134 valence electrons. The molecule has 0 fully saturated rings. The van der Waals surface area contributed by atoms with Gasteiger partial charge in [0.1, 0.15) is 11.4 Å². The van der Waals surface area contributed by atoms with Crippen LogP contribution in [0.25, 0.3) is 21.3 Å². The molecule has 2 heterocycles. The fourth-order valence-corrected chi connectivity index (χ4v) is 3.36. The van der Waals surface area contributed by atoms with Gasteiger partial charge < -0.3 is 10.5 Å². The van der Waals surface area contributed by atoms with E-state index in [0.717, 1.165) is 16.7 Å². The maximum atomic E-state index is 12.8. The Morgan fingerprint density at radius 1 is 1.31 bits per heavy atom. The summed E-state index contributed by atoms with van der Waals surface area (Å²) in [6.45, 7) is 3.02. The van der Waals surface area contributed by atoms with Crippen molar-refractivity contribution in [3.05, 3.63) is 51.9 Å². The third-order valence-corrected chi connectivity index (χ3v) is 4.82. The zero-order valence-corrected chi connectivity index (χ0v) is 15.1. The van der Waals surface area contributed by atoms with Gasteiger partial charge in [-0.05, 0) is 19.4 Å². The molecule has 3 aromatic rings. The number of benzene rings is 1. The minimum absolute atomic E-state index is 0.337. The van der Waals surface area contributed by atoms with Crippen molar-refractivity contribution in [1.82, 2.24) is 9.55 Å². The molecule has 1 aromatic carbocycles. The predicted molar refractivity (Wildman–Crippen MR) is 98.8 cm³/mol. The monoisotopic (exact) mass is 371 g/mol. The van der Waals surface area contributed by atoms with Gasteiger partial charge in [-0.2, -0.15) is 0 Å². The fraction of sp³-hybridized carbons (Fsp3) is 0.222. The van der Waals surface area contributed by atoms with Crippen LogP contribution in [0.1, 0.15) is 12.5 Å². The second-order valence-electron chi connectivity index (χ2n) is 5.91. The first-order valence-corrected chi connectivity index (χ1v) is 8.77. The van der Waals surface area contributed by atoms with Crippen molar-refractivity contribution in [2.45, 2.75) is 26.5 Å². The van der Waals surface area contributed by atoms with E-state index in [-0.39, 0.29) is 12.1 Å². The lowest BCUT2D eigenvalue weighted by Gasteiger charge is -2.10. The van der Waals surface area contributed by atoms with Crippen molar-refractivity contribution < 1.29 is 14.3 Å². The van der Waals surface area contributed by atoms with E-state index < -0.39 is 18.0 Å². The number of hydrogen-bond donors (Lipinski definition) is 1. The molecule has 1 amide bonds. The van der Waals surface area contributed by atoms with Gasteiger partial charge in [0, 0.05) is 10.9 Å². The maximum Gasteiger partial charge on any atom is 0.326 e. The normalized spacial score (nSPS) is 12.1. The summed E-state index contributed by atoms with van der Waals surface area (Å²) in [5.74, 6) is -1.48. The fourth-order valence-electron chi connectivity index (χ4n) is 2.46. The number of thiophene rings is 1. The first-order chi connectivity index (χ1) is 12.4. The first-order valence-electron chi connectivity index (χ1n) is 7.89. The number of amides is 1. The van der Waals surface area contributed by atoms with Crippen LogP contribution in [-0.2, 0) is 20.9 Å². The van der Waals surface area contributed by atoms with E-state index in [9.17, 15) is 14.4 Å². The number of primary amides is 1. The highest BCUT2D eigenvalue weighted by atomic mass is 32.1. The molecule has 26 heavy (non-hydrogen) atoms. The molecule has 1 atom stereocenters. The Bertz CT molecular complexity index is 1040. The van der Waals surface area contributed by atoms with Crippen LogP contribution < -0.4 is 11.3 Å². The summed E-state index contributed by atoms with van der Waals surface area (Å²) in [5.41, 5.74) is 7.53. The number of nitrogens with zero attached hydrogens (tertiary/aromatic N) is 2. The summed E-state index contributed by atoms with van der Waals surface area (Å²) in [6.07, 6.45) is 0.246. The number of carbonyl (C=O) groups excluding carboxylic acids is 2. The van der Waals surface area contributed by atoms with Gasteiger partial charge in [0.2, 0.25) is 0 Å². The number of rotatable bonds is 5. The Morgan fingerprint density at radius 2 is 2.00 bits per heavy atom. The summed E-state index contributed by atoms with van der Waals surface area (Å²) >= 11 is 1.37. The van der Waals surface area contributed by atoms with Crippen LogP contribution in [0, 0.1) is 6.92 Å². The zero-order valence-electron chi connectivity index (χ0n) is 14.3. The lowest BCUT2D eigenvalue weighted by atomic mass is 10.1. The highest BCUT2D eigenvalue weighted by Gasteiger charge is 2.18. The van der Waals surface area contributed by atoms with Gasteiger partial charge in [-0.25, -0.2) is 4.98 Å². The Morgan fingerprint density at radius 3 is 2.65 bits per heavy atom. The number of carbonyl (C=O) groups is 2. The smallest absolute Gasteiger partial charge is 0.326 e. The van der Waals surface area contributed by atoms with E-state index in [1.54, 1.807) is 0 Å². The molecular weight excluding hydrogens is 354 g/mol. The average Bonchev–Trinajstić information content (AvgIpc) is 3.02. The summed E-state index contributed by atoms with van der Waals surface area (Å²) < 4.78 is 6.06. The van der Waals surface area contributed by atoms with Crippen LogP contribution in [-0.4, -0.2) is 27.5 Å². The molecule has 0 saturated heterocycles. The SMILES string of the molecule is Cc1ccc(-c2csc3ncn(CC(=O)O[C@H](C)C(N)=O)c(=O)c23)cc1. The van der Waals surface area contributed by atoms with Gasteiger partial charge in [0.15, 0.2) is 6.10 Å². The van der Waals surface area contributed by atoms with Gasteiger partial charge in [0.05, 0.1) is 11.7 Å². The topological polar surface area (TPSA) is 104 Å². The van der Waals surface area contributed by atoms with E-state index in [1.807, 2.05) is 36.6 Å². The largest absolute Gasteiger partial charge is 0.451 e. The van der Waals surface area contributed by atoms with Crippen LogP contribution in [0.2, 0.25) is 0 Å². The summed E-state index contributed by atoms with van der Waals surface area (Å²) in [4.78, 5) is 40.6. The number of hydrogen-bond acceptors (Lipinski definition) is 6. The van der Waals surface area contributed by atoms with Crippen molar-refractivity contribution in [3.8, 4) is 11.1 Å². The molecule has 0 aliphatic carbocycles. The molecule has 2 N–H and O–H groups in total. The van der Waals surface area contributed by atoms with Crippen LogP contribution in [0.4, 0.5) is 0 Å². The summed E-state index contributed by atoms with van der Waals surface area (Å²) in [7, 11) is 0. The molecule has 0 spiro atoms. The molecule has 0 aliphatic heterocycles. The second-order valence-corrected chi connectivity index (χ2v) is 6.77. The third kappa shape index (κ3) is 3.50. The van der Waals surface area contributed by atoms with E-state index in [0.29, 0.717) is 10.2 Å². The maximum absolute atomic E-state index is 12.8. The van der Waals surface area contributed by atoms with Crippen LogP contribution in [0.3, 0.4) is 0 Å². The zero-order chi connectivity index (χ0) is 18.8. The minimum atomic E-state index is -1.06. The van der Waals surface area contributed by atoms with Gasteiger partial charge in [-0.15, -0.1) is 11.3 Å². The lowest BCUT2D eigenvalue weighted by molar-refractivity contribution is -0.154. The van der Waals surface area contributed by atoms with Gasteiger partial charge in [0.25, 0.3) is 11.5 Å². The molecule has 8 heteroatoms. The van der Waals surface area contributed by atoms with E-state index in [1.165, 1.54) is 29.2 Å². The minimum Gasteiger partial charge on any atom is -0.451 e. The molecule has 7 nitrogen and oxygen atoms in total. The van der Waals surface area contributed by atoms with Gasteiger partial charge in [-0.3, -0.25) is 19.0 Å². The van der Waals surface area contributed by atoms with Crippen molar-refractivity contribution in [2.75, 3.05) is 0 Å². The van der Waals surface area contributed by atoms with Crippen molar-refractivity contribution in [3.63, 3.8) is 0 Å². The van der Waals surface area contributed by atoms with Crippen molar-refractivity contribution in [2.24, 2.45) is 5.73 Å². The molecular formula is C18H17N3O4S. The van der Waals surface area contributed by atoms with E-state index in [2.05, 4.69) is 4.98 Å². The standard InChI is InChI=1S/C18H17N3O4S/c1-10-3-5-12(6-4-10)13-8-26-17-15(13)18(24)21(9-20-17)7-14(22)25-11(2)16(19)23/h3-6,8-9,11H,7H2,1-2H3,(H2,19,23)/t11-/m1/s1. The lowest BCUT2D eigenvalue weighted by Crippen LogP contribution is -2.33. The Hall–Kier alpha value is -3.00. The molecule has 0 aliphatic rings. The summed E-state index contributed by atoms with van der Waals surface area (Å²) in [6, 6.07) is 7.82. The quantitative estimate of drug-likeness (QED) is 0.689. The molecule has 2 aromatic heterocycles. The molecule has 0 radical (unpaired) electrons. The van der Waals surface area contributed by atoms with E-state index in [4.69, 9.17) is 10.5 Å². The number of aryl methyl sites for hydroxylation is 1. The number of esters is 1. The van der Waals surface area contributed by atoms with Crippen molar-refractivity contribution >= 4 is 33.4 Å².